The highest BCUT2D eigenvalue weighted by Gasteiger charge is 2.16. The third-order valence-electron chi connectivity index (χ3n) is 5.09. The first-order valence-corrected chi connectivity index (χ1v) is 9.64. The summed E-state index contributed by atoms with van der Waals surface area (Å²) < 4.78 is 26.8. The lowest BCUT2D eigenvalue weighted by atomic mass is 10.1. The molecule has 1 fully saturated rings. The first kappa shape index (κ1) is 19.9. The molecule has 8 heteroatoms. The Bertz CT molecular complexity index is 1030. The fourth-order valence-electron chi connectivity index (χ4n) is 3.28. The highest BCUT2D eigenvalue weighted by atomic mass is 19.1. The Labute approximate surface area is 173 Å². The normalized spacial score (nSPS) is 14.6. The summed E-state index contributed by atoms with van der Waals surface area (Å²) in [5.41, 5.74) is 1.84. The van der Waals surface area contributed by atoms with E-state index in [1.165, 1.54) is 0 Å². The van der Waals surface area contributed by atoms with Gasteiger partial charge in [-0.1, -0.05) is 12.1 Å². The number of hydrogen-bond acceptors (Lipinski definition) is 5. The Hall–Kier alpha value is -3.39. The minimum absolute atomic E-state index is 0.217. The molecule has 0 atom stereocenters. The second kappa shape index (κ2) is 8.54. The first-order valence-electron chi connectivity index (χ1n) is 9.64. The molecule has 0 unspecified atom stereocenters. The van der Waals surface area contributed by atoms with Gasteiger partial charge in [0.1, 0.15) is 11.6 Å². The maximum atomic E-state index is 13.8. The van der Waals surface area contributed by atoms with Crippen LogP contribution in [0.25, 0.3) is 11.3 Å². The van der Waals surface area contributed by atoms with E-state index in [-0.39, 0.29) is 5.56 Å². The summed E-state index contributed by atoms with van der Waals surface area (Å²) >= 11 is 0. The topological polar surface area (TPSA) is 61.4 Å². The Balaban J connectivity index is 1.42. The largest absolute Gasteiger partial charge is 0.353 e. The van der Waals surface area contributed by atoms with Gasteiger partial charge in [0.15, 0.2) is 5.82 Å². The SMILES string of the molecule is CN1CCN(c2ccc(-c3ccc(NC(=O)c4ccc(F)cc4F)cc3)nn2)CC1. The van der Waals surface area contributed by atoms with Crippen molar-refractivity contribution in [1.82, 2.24) is 15.1 Å². The number of nitrogens with zero attached hydrogens (tertiary/aromatic N) is 4. The average Bonchev–Trinajstić information content (AvgIpc) is 2.75. The zero-order valence-corrected chi connectivity index (χ0v) is 16.5. The zero-order chi connectivity index (χ0) is 21.1. The maximum absolute atomic E-state index is 13.8. The Morgan fingerprint density at radius 3 is 2.30 bits per heavy atom. The average molecular weight is 409 g/mol. The molecule has 1 saturated heterocycles. The number of aromatic nitrogens is 2. The fraction of sp³-hybridized carbons (Fsp3) is 0.227. The van der Waals surface area contributed by atoms with E-state index in [0.717, 1.165) is 55.4 Å². The van der Waals surface area contributed by atoms with E-state index in [1.807, 2.05) is 12.1 Å². The maximum Gasteiger partial charge on any atom is 0.258 e. The molecule has 0 spiro atoms. The number of rotatable bonds is 4. The quantitative estimate of drug-likeness (QED) is 0.716. The third-order valence-corrected chi connectivity index (χ3v) is 5.09. The lowest BCUT2D eigenvalue weighted by molar-refractivity contribution is 0.102. The van der Waals surface area contributed by atoms with Crippen molar-refractivity contribution in [2.75, 3.05) is 43.4 Å². The standard InChI is InChI=1S/C22H21F2N5O/c1-28-10-12-29(13-11-28)21-9-8-20(26-27-21)15-2-5-17(6-3-15)25-22(30)18-7-4-16(23)14-19(18)24/h2-9,14H,10-13H2,1H3,(H,25,30). The molecule has 0 radical (unpaired) electrons. The van der Waals surface area contributed by atoms with Crippen LogP contribution < -0.4 is 10.2 Å². The number of piperazine rings is 1. The van der Waals surface area contributed by atoms with E-state index in [4.69, 9.17) is 0 Å². The molecule has 154 valence electrons. The van der Waals surface area contributed by atoms with E-state index in [1.54, 1.807) is 24.3 Å². The highest BCUT2D eigenvalue weighted by molar-refractivity contribution is 6.04. The van der Waals surface area contributed by atoms with Crippen molar-refractivity contribution >= 4 is 17.4 Å². The van der Waals surface area contributed by atoms with Crippen molar-refractivity contribution in [3.05, 3.63) is 71.8 Å². The van der Waals surface area contributed by atoms with Gasteiger partial charge in [-0.15, -0.1) is 10.2 Å². The minimum Gasteiger partial charge on any atom is -0.353 e. The van der Waals surface area contributed by atoms with Crippen LogP contribution in [0.3, 0.4) is 0 Å². The van der Waals surface area contributed by atoms with E-state index >= 15 is 0 Å². The molecule has 1 aromatic heterocycles. The van der Waals surface area contributed by atoms with Gasteiger partial charge in [0.2, 0.25) is 0 Å². The molecule has 0 saturated carbocycles. The predicted octanol–water partition coefficient (Wildman–Crippen LogP) is 3.43. The van der Waals surface area contributed by atoms with Crippen molar-refractivity contribution in [2.24, 2.45) is 0 Å². The van der Waals surface area contributed by atoms with Gasteiger partial charge in [-0.25, -0.2) is 8.78 Å². The van der Waals surface area contributed by atoms with Crippen molar-refractivity contribution in [1.29, 1.82) is 0 Å². The molecule has 1 amide bonds. The summed E-state index contributed by atoms with van der Waals surface area (Å²) in [6.07, 6.45) is 0. The monoisotopic (exact) mass is 409 g/mol. The van der Waals surface area contributed by atoms with Crippen molar-refractivity contribution in [3.8, 4) is 11.3 Å². The predicted molar refractivity (Wildman–Crippen MR) is 111 cm³/mol. The lowest BCUT2D eigenvalue weighted by Gasteiger charge is -2.32. The van der Waals surface area contributed by atoms with Crippen LogP contribution in [0.4, 0.5) is 20.3 Å². The Kier molecular flexibility index (Phi) is 5.67. The number of anilines is 2. The minimum atomic E-state index is -0.903. The van der Waals surface area contributed by atoms with Gasteiger partial charge in [0.25, 0.3) is 5.91 Å². The van der Waals surface area contributed by atoms with E-state index < -0.39 is 17.5 Å². The summed E-state index contributed by atoms with van der Waals surface area (Å²) in [4.78, 5) is 16.7. The molecule has 1 aliphatic heterocycles. The molecule has 2 heterocycles. The number of carbonyl (C=O) groups is 1. The van der Waals surface area contributed by atoms with Crippen LogP contribution in [0.1, 0.15) is 10.4 Å². The summed E-state index contributed by atoms with van der Waals surface area (Å²) in [5.74, 6) is -1.42. The third kappa shape index (κ3) is 4.44. The number of amides is 1. The summed E-state index contributed by atoms with van der Waals surface area (Å²) in [7, 11) is 2.11. The molecule has 6 nitrogen and oxygen atoms in total. The van der Waals surface area contributed by atoms with Crippen LogP contribution in [0.2, 0.25) is 0 Å². The van der Waals surface area contributed by atoms with Gasteiger partial charge < -0.3 is 15.1 Å². The molecule has 4 rings (SSSR count). The summed E-state index contributed by atoms with van der Waals surface area (Å²) in [6, 6.07) is 13.7. The number of benzene rings is 2. The molecular weight excluding hydrogens is 388 g/mol. The van der Waals surface area contributed by atoms with Crippen molar-refractivity contribution in [3.63, 3.8) is 0 Å². The number of nitrogens with one attached hydrogen (secondary N) is 1. The van der Waals surface area contributed by atoms with Gasteiger partial charge in [-0.05, 0) is 43.4 Å². The summed E-state index contributed by atoms with van der Waals surface area (Å²) in [6.45, 7) is 3.85. The van der Waals surface area contributed by atoms with E-state index in [9.17, 15) is 13.6 Å². The van der Waals surface area contributed by atoms with Crippen LogP contribution in [0.5, 0.6) is 0 Å². The molecule has 1 N–H and O–H groups in total. The second-order valence-electron chi connectivity index (χ2n) is 7.22. The van der Waals surface area contributed by atoms with Gasteiger partial charge in [-0.3, -0.25) is 4.79 Å². The van der Waals surface area contributed by atoms with Crippen LogP contribution in [0.15, 0.2) is 54.6 Å². The van der Waals surface area contributed by atoms with Crippen LogP contribution in [-0.4, -0.2) is 54.2 Å². The van der Waals surface area contributed by atoms with Gasteiger partial charge in [-0.2, -0.15) is 0 Å². The Morgan fingerprint density at radius 1 is 0.933 bits per heavy atom. The van der Waals surface area contributed by atoms with E-state index in [0.29, 0.717) is 11.8 Å². The number of carbonyl (C=O) groups excluding carboxylic acids is 1. The molecule has 30 heavy (non-hydrogen) atoms. The zero-order valence-electron chi connectivity index (χ0n) is 16.5. The number of hydrogen-bond donors (Lipinski definition) is 1. The second-order valence-corrected chi connectivity index (χ2v) is 7.22. The molecule has 0 aliphatic carbocycles. The van der Waals surface area contributed by atoms with Gasteiger partial charge in [0, 0.05) is 43.5 Å². The fourth-order valence-corrected chi connectivity index (χ4v) is 3.28. The molecule has 3 aromatic rings. The van der Waals surface area contributed by atoms with Crippen LogP contribution in [-0.2, 0) is 0 Å². The van der Waals surface area contributed by atoms with Gasteiger partial charge >= 0.3 is 0 Å². The lowest BCUT2D eigenvalue weighted by Crippen LogP contribution is -2.44. The highest BCUT2D eigenvalue weighted by Crippen LogP contribution is 2.22. The van der Waals surface area contributed by atoms with Crippen LogP contribution >= 0.6 is 0 Å². The molecule has 1 aliphatic rings. The smallest absolute Gasteiger partial charge is 0.258 e. The van der Waals surface area contributed by atoms with Crippen LogP contribution in [0, 0.1) is 11.6 Å². The van der Waals surface area contributed by atoms with E-state index in [2.05, 4.69) is 32.4 Å². The molecule has 0 bridgehead atoms. The Morgan fingerprint density at radius 2 is 1.67 bits per heavy atom. The first-order chi connectivity index (χ1) is 14.5. The molecular formula is C22H21F2N5O. The van der Waals surface area contributed by atoms with Crippen molar-refractivity contribution < 1.29 is 13.6 Å². The van der Waals surface area contributed by atoms with Gasteiger partial charge in [0.05, 0.1) is 11.3 Å². The molecule has 2 aromatic carbocycles. The number of halogens is 2. The summed E-state index contributed by atoms with van der Waals surface area (Å²) in [5, 5.41) is 11.3. The van der Waals surface area contributed by atoms with Crippen molar-refractivity contribution in [2.45, 2.75) is 0 Å². The number of likely N-dealkylation sites (N-methyl/N-ethyl adjacent to an activating group) is 1.